The molecule has 3 rings (SSSR count). The molecule has 0 saturated carbocycles. The Bertz CT molecular complexity index is 916. The second-order valence-electron chi connectivity index (χ2n) is 6.34. The van der Waals surface area contributed by atoms with Crippen LogP contribution in [0, 0.1) is 10.1 Å². The lowest BCUT2D eigenvalue weighted by Crippen LogP contribution is -2.42. The molecule has 1 aromatic carbocycles. The van der Waals surface area contributed by atoms with Crippen LogP contribution >= 0.6 is 11.6 Å². The lowest BCUT2D eigenvalue weighted by atomic mass is 10.1. The minimum Gasteiger partial charge on any atom is -0.366 e. The van der Waals surface area contributed by atoms with Crippen molar-refractivity contribution >= 4 is 33.1 Å². The Kier molecular flexibility index (Phi) is 5.93. The summed E-state index contributed by atoms with van der Waals surface area (Å²) in [6, 6.07) is 10.3. The van der Waals surface area contributed by atoms with Gasteiger partial charge in [-0.2, -0.15) is 0 Å². The van der Waals surface area contributed by atoms with Crippen LogP contribution in [0.2, 0.25) is 5.02 Å². The number of rotatable bonds is 6. The highest BCUT2D eigenvalue weighted by Gasteiger charge is 2.28. The van der Waals surface area contributed by atoms with Crippen molar-refractivity contribution in [1.82, 2.24) is 9.29 Å². The van der Waals surface area contributed by atoms with E-state index in [0.29, 0.717) is 31.7 Å². The lowest BCUT2D eigenvalue weighted by Gasteiger charge is -2.32. The molecule has 8 nitrogen and oxygen atoms in total. The number of sulfonamides is 1. The molecule has 1 aliphatic heterocycles. The van der Waals surface area contributed by atoms with E-state index >= 15 is 0 Å². The fourth-order valence-electron chi connectivity index (χ4n) is 2.98. The van der Waals surface area contributed by atoms with Gasteiger partial charge >= 0.3 is 0 Å². The number of nitrogens with zero attached hydrogens (tertiary/aromatic N) is 3. The minimum atomic E-state index is -3.37. The van der Waals surface area contributed by atoms with Gasteiger partial charge in [0.2, 0.25) is 10.0 Å². The molecule has 0 atom stereocenters. The first kappa shape index (κ1) is 19.5. The van der Waals surface area contributed by atoms with Crippen LogP contribution in [0.25, 0.3) is 0 Å². The summed E-state index contributed by atoms with van der Waals surface area (Å²) in [5.41, 5.74) is 0.590. The number of nitro groups is 1. The summed E-state index contributed by atoms with van der Waals surface area (Å²) in [5, 5.41) is 14.1. The standard InChI is InChI=1S/C17H19ClN4O4S/c18-16-10-15(22(23)24)11-19-17(16)20-14-6-8-21(9-7-14)27(25,26)12-13-4-2-1-3-5-13/h1-5,10-11,14H,6-9,12H2,(H,19,20). The molecule has 0 bridgehead atoms. The van der Waals surface area contributed by atoms with E-state index in [2.05, 4.69) is 10.3 Å². The van der Waals surface area contributed by atoms with E-state index in [4.69, 9.17) is 11.6 Å². The zero-order chi connectivity index (χ0) is 19.4. The molecule has 0 unspecified atom stereocenters. The van der Waals surface area contributed by atoms with Crippen LogP contribution in [0.4, 0.5) is 11.5 Å². The van der Waals surface area contributed by atoms with Gasteiger partial charge in [0, 0.05) is 25.2 Å². The normalized spacial score (nSPS) is 16.2. The van der Waals surface area contributed by atoms with Crippen molar-refractivity contribution in [3.05, 3.63) is 63.3 Å². The summed E-state index contributed by atoms with van der Waals surface area (Å²) in [5.74, 6) is 0.356. The van der Waals surface area contributed by atoms with Gasteiger partial charge in [0.15, 0.2) is 0 Å². The molecular formula is C17H19ClN4O4S. The monoisotopic (exact) mass is 410 g/mol. The average molecular weight is 411 g/mol. The van der Waals surface area contributed by atoms with Gasteiger partial charge in [-0.3, -0.25) is 10.1 Å². The van der Waals surface area contributed by atoms with Gasteiger partial charge in [0.1, 0.15) is 12.0 Å². The van der Waals surface area contributed by atoms with E-state index in [0.717, 1.165) is 11.8 Å². The van der Waals surface area contributed by atoms with Gasteiger partial charge in [0.05, 0.1) is 15.7 Å². The van der Waals surface area contributed by atoms with Crippen LogP contribution in [0.5, 0.6) is 0 Å². The first-order chi connectivity index (χ1) is 12.8. The summed E-state index contributed by atoms with van der Waals surface area (Å²) in [6.07, 6.45) is 2.35. The molecule has 1 saturated heterocycles. The molecule has 10 heteroatoms. The zero-order valence-electron chi connectivity index (χ0n) is 14.4. The van der Waals surface area contributed by atoms with E-state index < -0.39 is 14.9 Å². The molecule has 0 amide bonds. The zero-order valence-corrected chi connectivity index (χ0v) is 16.0. The predicted molar refractivity (Wildman–Crippen MR) is 103 cm³/mol. The molecule has 1 fully saturated rings. The predicted octanol–water partition coefficient (Wildman–Crippen LogP) is 3.05. The molecule has 1 aliphatic rings. The van der Waals surface area contributed by atoms with Crippen molar-refractivity contribution in [2.24, 2.45) is 0 Å². The Morgan fingerprint density at radius 3 is 2.52 bits per heavy atom. The van der Waals surface area contributed by atoms with Gasteiger partial charge in [-0.25, -0.2) is 17.7 Å². The van der Waals surface area contributed by atoms with Gasteiger partial charge in [-0.1, -0.05) is 41.9 Å². The quantitative estimate of drug-likeness (QED) is 0.579. The largest absolute Gasteiger partial charge is 0.366 e. The van der Waals surface area contributed by atoms with Crippen LogP contribution in [0.15, 0.2) is 42.6 Å². The van der Waals surface area contributed by atoms with E-state index in [1.165, 1.54) is 10.4 Å². The molecule has 1 N–H and O–H groups in total. The number of nitrogens with one attached hydrogen (secondary N) is 1. The Labute approximate surface area is 162 Å². The molecule has 0 spiro atoms. The Morgan fingerprint density at radius 1 is 1.26 bits per heavy atom. The third-order valence-corrected chi connectivity index (χ3v) is 6.56. The minimum absolute atomic E-state index is 0.000341. The highest BCUT2D eigenvalue weighted by atomic mass is 35.5. The number of aromatic nitrogens is 1. The molecule has 27 heavy (non-hydrogen) atoms. The van der Waals surface area contributed by atoms with E-state index in [-0.39, 0.29) is 22.5 Å². The molecule has 0 radical (unpaired) electrons. The third kappa shape index (κ3) is 4.94. The fourth-order valence-corrected chi connectivity index (χ4v) is 4.76. The maximum absolute atomic E-state index is 12.6. The summed E-state index contributed by atoms with van der Waals surface area (Å²) in [7, 11) is -3.37. The number of piperidine rings is 1. The highest BCUT2D eigenvalue weighted by Crippen LogP contribution is 2.26. The highest BCUT2D eigenvalue weighted by molar-refractivity contribution is 7.88. The molecule has 2 heterocycles. The topological polar surface area (TPSA) is 105 Å². The molecule has 0 aliphatic carbocycles. The molecule has 1 aromatic heterocycles. The van der Waals surface area contributed by atoms with Crippen molar-refractivity contribution in [2.45, 2.75) is 24.6 Å². The first-order valence-corrected chi connectivity index (χ1v) is 10.4. The summed E-state index contributed by atoms with van der Waals surface area (Å²) in [4.78, 5) is 14.2. The Hall–Kier alpha value is -2.23. The van der Waals surface area contributed by atoms with Crippen molar-refractivity contribution < 1.29 is 13.3 Å². The number of hydrogen-bond donors (Lipinski definition) is 1. The van der Waals surface area contributed by atoms with E-state index in [1.54, 1.807) is 12.1 Å². The maximum atomic E-state index is 12.6. The maximum Gasteiger partial charge on any atom is 0.289 e. The second kappa shape index (κ2) is 8.20. The number of pyridine rings is 1. The van der Waals surface area contributed by atoms with Crippen molar-refractivity contribution in [1.29, 1.82) is 0 Å². The molecular weight excluding hydrogens is 392 g/mol. The number of halogens is 1. The molecule has 2 aromatic rings. The van der Waals surface area contributed by atoms with Crippen LogP contribution in [-0.2, 0) is 15.8 Å². The van der Waals surface area contributed by atoms with Gasteiger partial charge in [-0.05, 0) is 18.4 Å². The summed E-state index contributed by atoms with van der Waals surface area (Å²) in [6.45, 7) is 0.800. The number of hydrogen-bond acceptors (Lipinski definition) is 6. The van der Waals surface area contributed by atoms with Gasteiger partial charge in [0.25, 0.3) is 5.69 Å². The number of anilines is 1. The lowest BCUT2D eigenvalue weighted by molar-refractivity contribution is -0.385. The Morgan fingerprint density at radius 2 is 1.93 bits per heavy atom. The van der Waals surface area contributed by atoms with Gasteiger partial charge < -0.3 is 5.32 Å². The van der Waals surface area contributed by atoms with Crippen LogP contribution < -0.4 is 5.32 Å². The van der Waals surface area contributed by atoms with E-state index in [9.17, 15) is 18.5 Å². The van der Waals surface area contributed by atoms with Crippen molar-refractivity contribution in [3.63, 3.8) is 0 Å². The smallest absolute Gasteiger partial charge is 0.289 e. The molecule has 144 valence electrons. The van der Waals surface area contributed by atoms with Crippen molar-refractivity contribution in [2.75, 3.05) is 18.4 Å². The fraction of sp³-hybridized carbons (Fsp3) is 0.353. The second-order valence-corrected chi connectivity index (χ2v) is 8.72. The van der Waals surface area contributed by atoms with Crippen LogP contribution in [0.3, 0.4) is 0 Å². The first-order valence-electron chi connectivity index (χ1n) is 8.43. The Balaban J connectivity index is 1.58. The van der Waals surface area contributed by atoms with Crippen LogP contribution in [0.1, 0.15) is 18.4 Å². The van der Waals surface area contributed by atoms with Crippen molar-refractivity contribution in [3.8, 4) is 0 Å². The van der Waals surface area contributed by atoms with Crippen LogP contribution in [-0.4, -0.2) is 41.8 Å². The summed E-state index contributed by atoms with van der Waals surface area (Å²) >= 11 is 6.05. The number of benzene rings is 1. The third-order valence-electron chi connectivity index (χ3n) is 4.42. The van der Waals surface area contributed by atoms with E-state index in [1.807, 2.05) is 18.2 Å². The summed E-state index contributed by atoms with van der Waals surface area (Å²) < 4.78 is 26.7. The SMILES string of the molecule is O=[N+]([O-])c1cnc(NC2CCN(S(=O)(=O)Cc3ccccc3)CC2)c(Cl)c1. The van der Waals surface area contributed by atoms with Gasteiger partial charge in [-0.15, -0.1) is 0 Å². The average Bonchev–Trinajstić information content (AvgIpc) is 2.64.